The number of nitrogens with zero attached hydrogens (tertiary/aromatic N) is 3. The fourth-order valence-electron chi connectivity index (χ4n) is 3.29. The fraction of sp³-hybridized carbons (Fsp3) is 0.217. The maximum absolute atomic E-state index is 12.1. The lowest BCUT2D eigenvalue weighted by atomic mass is 10.1. The number of sulfonamides is 1. The molecule has 0 spiro atoms. The summed E-state index contributed by atoms with van der Waals surface area (Å²) >= 11 is 0. The second-order valence-electron chi connectivity index (χ2n) is 7.77. The molecule has 0 unspecified atom stereocenters. The van der Waals surface area contributed by atoms with Crippen molar-refractivity contribution in [2.24, 2.45) is 0 Å². The third-order valence-corrected chi connectivity index (χ3v) is 8.33. The second-order valence-corrected chi connectivity index (χ2v) is 12.1. The van der Waals surface area contributed by atoms with E-state index in [2.05, 4.69) is 15.0 Å². The Morgan fingerprint density at radius 3 is 2.38 bits per heavy atom. The Labute approximate surface area is 198 Å². The van der Waals surface area contributed by atoms with Gasteiger partial charge in [0.15, 0.2) is 15.7 Å². The Kier molecular flexibility index (Phi) is 6.43. The number of hydrogen-bond donors (Lipinski definition) is 1. The van der Waals surface area contributed by atoms with E-state index in [4.69, 9.17) is 4.74 Å². The van der Waals surface area contributed by atoms with E-state index in [-0.39, 0.29) is 17.2 Å². The topological polar surface area (TPSA) is 122 Å². The van der Waals surface area contributed by atoms with Crippen LogP contribution >= 0.6 is 0 Å². The van der Waals surface area contributed by atoms with Crippen molar-refractivity contribution in [2.75, 3.05) is 19.1 Å². The van der Waals surface area contributed by atoms with Gasteiger partial charge in [0, 0.05) is 31.4 Å². The van der Waals surface area contributed by atoms with Crippen LogP contribution in [0.4, 0.5) is 0 Å². The first-order valence-corrected chi connectivity index (χ1v) is 13.9. The van der Waals surface area contributed by atoms with Gasteiger partial charge in [0.2, 0.25) is 10.0 Å². The highest BCUT2D eigenvalue weighted by atomic mass is 32.2. The molecule has 0 saturated heterocycles. The van der Waals surface area contributed by atoms with Crippen LogP contribution in [0.2, 0.25) is 0 Å². The van der Waals surface area contributed by atoms with Crippen LogP contribution in [0.3, 0.4) is 0 Å². The molecule has 0 aliphatic carbocycles. The van der Waals surface area contributed by atoms with E-state index in [1.807, 2.05) is 18.2 Å². The number of H-pyrrole nitrogens is 1. The predicted molar refractivity (Wildman–Crippen MR) is 130 cm³/mol. The smallest absolute Gasteiger partial charge is 0.211 e. The van der Waals surface area contributed by atoms with Crippen molar-refractivity contribution in [3.8, 4) is 23.0 Å². The summed E-state index contributed by atoms with van der Waals surface area (Å²) in [5, 5.41) is 0. The number of sulfone groups is 1. The molecule has 0 aliphatic heterocycles. The van der Waals surface area contributed by atoms with Crippen molar-refractivity contribution in [2.45, 2.75) is 18.4 Å². The minimum absolute atomic E-state index is 0.00358. The highest BCUT2D eigenvalue weighted by molar-refractivity contribution is 7.91. The van der Waals surface area contributed by atoms with Gasteiger partial charge in [0.1, 0.15) is 17.2 Å². The SMILES string of the molecule is CCS(=O)(=O)c1ccc(Oc2cc3nc(-c4ccccn4)[nH]c3cc2CN(C)S(C)(=O)=O)cc1. The molecule has 2 aromatic carbocycles. The normalized spacial score (nSPS) is 12.4. The number of rotatable bonds is 8. The van der Waals surface area contributed by atoms with Crippen molar-refractivity contribution >= 4 is 30.9 Å². The van der Waals surface area contributed by atoms with Crippen LogP contribution in [0.5, 0.6) is 11.5 Å². The third-order valence-electron chi connectivity index (χ3n) is 5.32. The summed E-state index contributed by atoms with van der Waals surface area (Å²) in [6.07, 6.45) is 2.81. The van der Waals surface area contributed by atoms with Gasteiger partial charge < -0.3 is 9.72 Å². The summed E-state index contributed by atoms with van der Waals surface area (Å²) in [5.74, 6) is 1.40. The number of fused-ring (bicyclic) bond motifs is 1. The van der Waals surface area contributed by atoms with Crippen LogP contribution < -0.4 is 4.74 Å². The Bertz CT molecular complexity index is 1530. The van der Waals surface area contributed by atoms with Crippen LogP contribution in [0.15, 0.2) is 65.7 Å². The van der Waals surface area contributed by atoms with Crippen LogP contribution in [-0.2, 0) is 26.4 Å². The van der Waals surface area contributed by atoms with Gasteiger partial charge in [-0.2, -0.15) is 0 Å². The Morgan fingerprint density at radius 2 is 1.76 bits per heavy atom. The number of hydrogen-bond acceptors (Lipinski definition) is 7. The van der Waals surface area contributed by atoms with E-state index >= 15 is 0 Å². The molecule has 4 rings (SSSR count). The van der Waals surface area contributed by atoms with Crippen LogP contribution in [0, 0.1) is 0 Å². The van der Waals surface area contributed by atoms with Gasteiger partial charge in [-0.15, -0.1) is 0 Å². The molecule has 4 aromatic rings. The molecule has 0 atom stereocenters. The molecule has 0 saturated carbocycles. The summed E-state index contributed by atoms with van der Waals surface area (Å²) in [4.78, 5) is 12.3. The van der Waals surface area contributed by atoms with Crippen molar-refractivity contribution in [3.63, 3.8) is 0 Å². The molecule has 34 heavy (non-hydrogen) atoms. The monoisotopic (exact) mass is 500 g/mol. The number of pyridine rings is 1. The van der Waals surface area contributed by atoms with Gasteiger partial charge in [0.05, 0.1) is 27.9 Å². The number of nitrogens with one attached hydrogen (secondary N) is 1. The minimum atomic E-state index is -3.43. The average molecular weight is 501 g/mol. The number of imidazole rings is 1. The Hall–Kier alpha value is -3.28. The van der Waals surface area contributed by atoms with Gasteiger partial charge >= 0.3 is 0 Å². The molecule has 2 aromatic heterocycles. The first kappa shape index (κ1) is 23.9. The molecule has 2 heterocycles. The van der Waals surface area contributed by atoms with Crippen LogP contribution in [-0.4, -0.2) is 55.1 Å². The molecule has 1 N–H and O–H groups in total. The van der Waals surface area contributed by atoms with Crippen molar-refractivity contribution in [1.82, 2.24) is 19.3 Å². The van der Waals surface area contributed by atoms with Gasteiger partial charge in [-0.1, -0.05) is 13.0 Å². The number of benzene rings is 2. The number of aromatic amines is 1. The predicted octanol–water partition coefficient (Wildman–Crippen LogP) is 3.60. The van der Waals surface area contributed by atoms with Crippen molar-refractivity contribution < 1.29 is 21.6 Å². The van der Waals surface area contributed by atoms with Crippen molar-refractivity contribution in [1.29, 1.82) is 0 Å². The first-order chi connectivity index (χ1) is 16.1. The molecule has 178 valence electrons. The maximum Gasteiger partial charge on any atom is 0.211 e. The lowest BCUT2D eigenvalue weighted by Crippen LogP contribution is -2.25. The molecule has 0 radical (unpaired) electrons. The van der Waals surface area contributed by atoms with Crippen LogP contribution in [0.25, 0.3) is 22.6 Å². The van der Waals surface area contributed by atoms with Gasteiger partial charge in [0.25, 0.3) is 0 Å². The van der Waals surface area contributed by atoms with E-state index in [1.165, 1.54) is 23.5 Å². The molecule has 0 aliphatic rings. The zero-order chi connectivity index (χ0) is 24.5. The average Bonchev–Trinajstić information content (AvgIpc) is 3.22. The van der Waals surface area contributed by atoms with Gasteiger partial charge in [-0.05, 0) is 42.5 Å². The molecule has 0 amide bonds. The zero-order valence-corrected chi connectivity index (χ0v) is 20.5. The molecular formula is C23H24N4O5S2. The fourth-order valence-corrected chi connectivity index (χ4v) is 4.55. The largest absolute Gasteiger partial charge is 0.457 e. The van der Waals surface area contributed by atoms with E-state index in [1.54, 1.807) is 37.4 Å². The molecule has 11 heteroatoms. The van der Waals surface area contributed by atoms with E-state index < -0.39 is 19.9 Å². The number of aromatic nitrogens is 3. The highest BCUT2D eigenvalue weighted by Gasteiger charge is 2.18. The quantitative estimate of drug-likeness (QED) is 0.392. The second kappa shape index (κ2) is 9.16. The summed E-state index contributed by atoms with van der Waals surface area (Å²) in [6.45, 7) is 1.66. The minimum Gasteiger partial charge on any atom is -0.457 e. The van der Waals surface area contributed by atoms with Crippen molar-refractivity contribution in [3.05, 3.63) is 66.4 Å². The maximum atomic E-state index is 12.1. The number of ether oxygens (including phenoxy) is 1. The third kappa shape index (κ3) is 5.11. The molecule has 0 bridgehead atoms. The lowest BCUT2D eigenvalue weighted by molar-refractivity contribution is 0.444. The summed E-state index contributed by atoms with van der Waals surface area (Å²) in [7, 11) is -5.27. The Balaban J connectivity index is 1.75. The molecule has 0 fully saturated rings. The van der Waals surface area contributed by atoms with Gasteiger partial charge in [-0.25, -0.2) is 26.1 Å². The van der Waals surface area contributed by atoms with E-state index in [0.717, 1.165) is 6.26 Å². The summed E-state index contributed by atoms with van der Waals surface area (Å²) in [5.41, 5.74) is 2.60. The standard InChI is InChI=1S/C23H24N4O5S2/c1-4-34(30,31)18-10-8-17(9-11-18)32-22-14-21-20(13-16(22)15-27(2)33(3,28)29)25-23(26-21)19-7-5-6-12-24-19/h5-14H,4,15H2,1-3H3,(H,25,26). The summed E-state index contributed by atoms with van der Waals surface area (Å²) < 4.78 is 55.5. The first-order valence-electron chi connectivity index (χ1n) is 10.4. The molecule has 9 nitrogen and oxygen atoms in total. The Morgan fingerprint density at radius 1 is 1.03 bits per heavy atom. The lowest BCUT2D eigenvalue weighted by Gasteiger charge is -2.17. The zero-order valence-electron chi connectivity index (χ0n) is 18.9. The van der Waals surface area contributed by atoms with E-state index in [0.29, 0.717) is 39.6 Å². The van der Waals surface area contributed by atoms with Gasteiger partial charge in [-0.3, -0.25) is 4.98 Å². The van der Waals surface area contributed by atoms with Crippen LogP contribution in [0.1, 0.15) is 12.5 Å². The van der Waals surface area contributed by atoms with E-state index in [9.17, 15) is 16.8 Å². The summed E-state index contributed by atoms with van der Waals surface area (Å²) in [6, 6.07) is 15.1. The molecular weight excluding hydrogens is 476 g/mol. The highest BCUT2D eigenvalue weighted by Crippen LogP contribution is 2.32.